The van der Waals surface area contributed by atoms with Gasteiger partial charge in [-0.15, -0.1) is 0 Å². The molecule has 3 rings (SSSR count). The number of rotatable bonds is 5. The van der Waals surface area contributed by atoms with E-state index in [0.29, 0.717) is 0 Å². The number of aliphatic hydroxyl groups excluding tert-OH is 1. The van der Waals surface area contributed by atoms with Crippen LogP contribution in [0.3, 0.4) is 0 Å². The van der Waals surface area contributed by atoms with E-state index < -0.39 is 6.10 Å². The zero-order valence-corrected chi connectivity index (χ0v) is 13.3. The summed E-state index contributed by atoms with van der Waals surface area (Å²) in [4.78, 5) is 4.41. The van der Waals surface area contributed by atoms with Crippen molar-refractivity contribution in [1.29, 1.82) is 0 Å². The summed E-state index contributed by atoms with van der Waals surface area (Å²) in [7, 11) is 4.11. The zero-order chi connectivity index (χ0) is 15.5. The van der Waals surface area contributed by atoms with Crippen LogP contribution in [0.1, 0.15) is 18.4 Å². The molecule has 2 heterocycles. The lowest BCUT2D eigenvalue weighted by Gasteiger charge is -2.21. The van der Waals surface area contributed by atoms with Gasteiger partial charge in [-0.3, -0.25) is 0 Å². The average molecular weight is 300 g/mol. The van der Waals surface area contributed by atoms with E-state index in [1.54, 1.807) is 6.26 Å². The smallest absolute Gasteiger partial charge is 0.131 e. The highest BCUT2D eigenvalue weighted by atomic mass is 16.5. The van der Waals surface area contributed by atoms with Crippen molar-refractivity contribution in [2.75, 3.05) is 27.2 Å². The molecule has 0 amide bonds. The summed E-state index contributed by atoms with van der Waals surface area (Å²) in [5.41, 5.74) is 3.21. The predicted octanol–water partition coefficient (Wildman–Crippen LogP) is 2.37. The molecule has 4 nitrogen and oxygen atoms in total. The average Bonchev–Trinajstić information content (AvgIpc) is 2.79. The van der Waals surface area contributed by atoms with Gasteiger partial charge in [0.05, 0.1) is 11.8 Å². The molecule has 1 atom stereocenters. The molecule has 0 saturated carbocycles. The number of nitrogens with zero attached hydrogens (tertiary/aromatic N) is 2. The van der Waals surface area contributed by atoms with E-state index in [4.69, 9.17) is 4.74 Å². The largest absolute Gasteiger partial charge is 0.462 e. The van der Waals surface area contributed by atoms with Gasteiger partial charge in [-0.05, 0) is 39.5 Å². The molecule has 1 aromatic carbocycles. The summed E-state index contributed by atoms with van der Waals surface area (Å²) in [6.45, 7) is 2.66. The third-order valence-electron chi connectivity index (χ3n) is 4.24. The van der Waals surface area contributed by atoms with Gasteiger partial charge in [0.15, 0.2) is 0 Å². The Labute approximate surface area is 132 Å². The van der Waals surface area contributed by atoms with E-state index in [1.807, 2.05) is 18.2 Å². The lowest BCUT2D eigenvalue weighted by Crippen LogP contribution is -2.21. The first-order valence-corrected chi connectivity index (χ1v) is 7.88. The van der Waals surface area contributed by atoms with Gasteiger partial charge >= 0.3 is 0 Å². The molecule has 1 aromatic rings. The van der Waals surface area contributed by atoms with Gasteiger partial charge < -0.3 is 19.6 Å². The molecule has 0 spiro atoms. The number of ether oxygens (including phenoxy) is 1. The molecular formula is C18H24N2O2. The minimum atomic E-state index is -0.416. The Hall–Kier alpha value is -1.78. The SMILES string of the molecule is CN(C)CCCC(O)C1=CCN2Cc3ccccc3OC=C12. The molecule has 1 N–H and O–H groups in total. The fraction of sp³-hybridized carbons (Fsp3) is 0.444. The maximum absolute atomic E-state index is 10.5. The summed E-state index contributed by atoms with van der Waals surface area (Å²) in [5.74, 6) is 0.908. The van der Waals surface area contributed by atoms with Crippen molar-refractivity contribution in [1.82, 2.24) is 9.80 Å². The second-order valence-electron chi connectivity index (χ2n) is 6.23. The van der Waals surface area contributed by atoms with E-state index in [2.05, 4.69) is 36.0 Å². The van der Waals surface area contributed by atoms with E-state index >= 15 is 0 Å². The highest BCUT2D eigenvalue weighted by molar-refractivity contribution is 5.43. The van der Waals surface area contributed by atoms with Crippen LogP contribution in [0, 0.1) is 0 Å². The van der Waals surface area contributed by atoms with Crippen molar-refractivity contribution in [3.05, 3.63) is 53.4 Å². The molecule has 4 heteroatoms. The number of benzene rings is 1. The van der Waals surface area contributed by atoms with Gasteiger partial charge in [-0.25, -0.2) is 0 Å². The summed E-state index contributed by atoms with van der Waals surface area (Å²) in [5, 5.41) is 10.5. The Morgan fingerprint density at radius 3 is 2.95 bits per heavy atom. The van der Waals surface area contributed by atoms with Crippen LogP contribution in [0.5, 0.6) is 5.75 Å². The van der Waals surface area contributed by atoms with E-state index in [9.17, 15) is 5.11 Å². The summed E-state index contributed by atoms with van der Waals surface area (Å²) in [6.07, 6.45) is 5.27. The van der Waals surface area contributed by atoms with Crippen molar-refractivity contribution < 1.29 is 9.84 Å². The maximum atomic E-state index is 10.5. The normalized spacial score (nSPS) is 18.1. The number of hydrogen-bond donors (Lipinski definition) is 1. The molecule has 1 unspecified atom stereocenters. The monoisotopic (exact) mass is 300 g/mol. The van der Waals surface area contributed by atoms with Gasteiger partial charge in [0.2, 0.25) is 0 Å². The molecule has 118 valence electrons. The van der Waals surface area contributed by atoms with Crippen LogP contribution < -0.4 is 4.74 Å². The van der Waals surface area contributed by atoms with Crippen LogP contribution in [0.25, 0.3) is 0 Å². The van der Waals surface area contributed by atoms with Crippen molar-refractivity contribution in [2.45, 2.75) is 25.5 Å². The highest BCUT2D eigenvalue weighted by Crippen LogP contribution is 2.33. The van der Waals surface area contributed by atoms with Crippen LogP contribution in [-0.4, -0.2) is 48.2 Å². The first-order chi connectivity index (χ1) is 10.6. The summed E-state index contributed by atoms with van der Waals surface area (Å²) in [6, 6.07) is 8.11. The summed E-state index contributed by atoms with van der Waals surface area (Å²) < 4.78 is 5.82. The summed E-state index contributed by atoms with van der Waals surface area (Å²) >= 11 is 0. The predicted molar refractivity (Wildman–Crippen MR) is 87.4 cm³/mol. The van der Waals surface area contributed by atoms with Gasteiger partial charge in [0, 0.05) is 24.2 Å². The van der Waals surface area contributed by atoms with Crippen molar-refractivity contribution >= 4 is 0 Å². The molecule has 2 aliphatic heterocycles. The van der Waals surface area contributed by atoms with Crippen LogP contribution >= 0.6 is 0 Å². The van der Waals surface area contributed by atoms with Gasteiger partial charge in [0.1, 0.15) is 12.0 Å². The molecular weight excluding hydrogens is 276 g/mol. The quantitative estimate of drug-likeness (QED) is 0.905. The molecule has 0 aromatic heterocycles. The lowest BCUT2D eigenvalue weighted by atomic mass is 10.0. The first-order valence-electron chi connectivity index (χ1n) is 7.88. The standard InChI is InChI=1S/C18H24N2O2/c1-19(2)10-5-7-17(21)15-9-11-20-12-14-6-3-4-8-18(14)22-13-16(15)20/h3-4,6,8-9,13,17,21H,5,7,10-12H2,1-2H3. The van der Waals surface area contributed by atoms with E-state index in [1.165, 1.54) is 5.56 Å². The number of hydrogen-bond acceptors (Lipinski definition) is 4. The third kappa shape index (κ3) is 3.18. The van der Waals surface area contributed by atoms with Crippen LogP contribution in [-0.2, 0) is 6.54 Å². The van der Waals surface area contributed by atoms with E-state index in [-0.39, 0.29) is 0 Å². The minimum Gasteiger partial charge on any atom is -0.462 e. The Balaban J connectivity index is 1.68. The molecule has 2 aliphatic rings. The maximum Gasteiger partial charge on any atom is 0.131 e. The Morgan fingerprint density at radius 1 is 1.32 bits per heavy atom. The molecule has 0 radical (unpaired) electrons. The fourth-order valence-corrected chi connectivity index (χ4v) is 3.02. The van der Waals surface area contributed by atoms with E-state index in [0.717, 1.165) is 49.5 Å². The van der Waals surface area contributed by atoms with Crippen LogP contribution in [0.4, 0.5) is 0 Å². The Morgan fingerprint density at radius 2 is 2.14 bits per heavy atom. The second kappa shape index (κ2) is 6.55. The molecule has 0 aliphatic carbocycles. The Bertz CT molecular complexity index is 593. The van der Waals surface area contributed by atoms with Gasteiger partial charge in [-0.1, -0.05) is 24.3 Å². The zero-order valence-electron chi connectivity index (χ0n) is 13.3. The number of aliphatic hydroxyl groups is 1. The number of para-hydroxylation sites is 1. The lowest BCUT2D eigenvalue weighted by molar-refractivity contribution is 0.191. The molecule has 0 bridgehead atoms. The number of fused-ring (bicyclic) bond motifs is 2. The third-order valence-corrected chi connectivity index (χ3v) is 4.24. The molecule has 0 fully saturated rings. The first kappa shape index (κ1) is 15.1. The molecule has 0 saturated heterocycles. The van der Waals surface area contributed by atoms with Crippen LogP contribution in [0.15, 0.2) is 47.9 Å². The highest BCUT2D eigenvalue weighted by Gasteiger charge is 2.28. The van der Waals surface area contributed by atoms with Crippen molar-refractivity contribution in [2.24, 2.45) is 0 Å². The van der Waals surface area contributed by atoms with Crippen molar-refractivity contribution in [3.63, 3.8) is 0 Å². The topological polar surface area (TPSA) is 35.9 Å². The van der Waals surface area contributed by atoms with Gasteiger partial charge in [0.25, 0.3) is 0 Å². The molecule has 22 heavy (non-hydrogen) atoms. The Kier molecular flexibility index (Phi) is 4.50. The van der Waals surface area contributed by atoms with Crippen molar-refractivity contribution in [3.8, 4) is 5.75 Å². The second-order valence-corrected chi connectivity index (χ2v) is 6.23. The fourth-order valence-electron chi connectivity index (χ4n) is 3.02. The van der Waals surface area contributed by atoms with Gasteiger partial charge in [-0.2, -0.15) is 0 Å². The van der Waals surface area contributed by atoms with Crippen LogP contribution in [0.2, 0.25) is 0 Å². The minimum absolute atomic E-state index is 0.416.